The molecule has 12 atom stereocenters. The number of hydrogen-bond acceptors (Lipinski definition) is 6. The van der Waals surface area contributed by atoms with E-state index in [1.54, 1.807) is 5.57 Å². The highest BCUT2D eigenvalue weighted by Crippen LogP contribution is 2.74. The summed E-state index contributed by atoms with van der Waals surface area (Å²) in [6.45, 7) is 19.9. The van der Waals surface area contributed by atoms with Crippen LogP contribution in [0, 0.1) is 74.9 Å². The van der Waals surface area contributed by atoms with Crippen LogP contribution in [-0.2, 0) is 25.7 Å². The molecule has 7 nitrogen and oxygen atoms in total. The van der Waals surface area contributed by atoms with E-state index in [1.807, 2.05) is 6.92 Å². The Kier molecular flexibility index (Phi) is 10.8. The number of allylic oxidation sites excluding steroid dienone is 2. The molecule has 5 saturated carbocycles. The number of fused-ring (bicyclic) bond motifs is 7. The van der Waals surface area contributed by atoms with Crippen molar-refractivity contribution in [3.8, 4) is 5.75 Å². The van der Waals surface area contributed by atoms with Gasteiger partial charge in [-0.1, -0.05) is 66.2 Å². The lowest BCUT2D eigenvalue weighted by Crippen LogP contribution is -2.62. The van der Waals surface area contributed by atoms with Crippen LogP contribution in [0.25, 0.3) is 0 Å². The Bertz CT molecular complexity index is 1710. The largest absolute Gasteiger partial charge is 0.488 e. The fraction of sp³-hybridized carbons (Fsp3) is 0.776. The molecule has 0 spiro atoms. The highest BCUT2D eigenvalue weighted by molar-refractivity contribution is 6.00. The van der Waals surface area contributed by atoms with E-state index in [4.69, 9.17) is 9.47 Å². The van der Waals surface area contributed by atoms with Crippen LogP contribution in [0.1, 0.15) is 138 Å². The van der Waals surface area contributed by atoms with Crippen molar-refractivity contribution in [1.29, 1.82) is 0 Å². The Morgan fingerprint density at radius 1 is 0.929 bits per heavy atom. The van der Waals surface area contributed by atoms with Crippen molar-refractivity contribution < 1.29 is 29.0 Å². The Morgan fingerprint density at radius 3 is 2.36 bits per heavy atom. The molecule has 0 amide bonds. The smallest absolute Gasteiger partial charge is 0.306 e. The molecule has 0 bridgehead atoms. The van der Waals surface area contributed by atoms with E-state index in [0.717, 1.165) is 51.1 Å². The summed E-state index contributed by atoms with van der Waals surface area (Å²) in [5, 5.41) is 13.3. The maximum absolute atomic E-state index is 14.0. The molecule has 7 aliphatic rings. The average molecular weight is 770 g/mol. The van der Waals surface area contributed by atoms with E-state index in [-0.39, 0.29) is 51.4 Å². The summed E-state index contributed by atoms with van der Waals surface area (Å²) in [6, 6.07) is 8.49. The molecule has 1 saturated heterocycles. The number of carbonyl (C=O) groups excluding carboxylic acids is 2. The van der Waals surface area contributed by atoms with Crippen LogP contribution in [-0.4, -0.2) is 48.5 Å². The second kappa shape index (κ2) is 14.9. The average Bonchev–Trinajstić information content (AvgIpc) is 3.76. The zero-order valence-corrected chi connectivity index (χ0v) is 35.6. The van der Waals surface area contributed by atoms with Crippen LogP contribution in [0.3, 0.4) is 0 Å². The molecule has 1 heterocycles. The Hall–Kier alpha value is -2.51. The molecule has 7 heteroatoms. The molecule has 8 rings (SSSR count). The molecule has 6 fully saturated rings. The zero-order valence-electron chi connectivity index (χ0n) is 35.6. The standard InChI is InChI=1S/C49H71NO6/c1-29(2)43-40(52)26-49(21-22-50-27-31-8-10-33(11-9-31)56-34-17-23-55-28-34)20-15-38-35(44(43)49)12-13-42-47(38,6)19-16-41-46(4,5)32(14-18-48(41,42)7)24-39(51)36-25-37(30(36)3)45(53)54/h8-11,29-30,32,34-38,41-42,50H,12-28H2,1-7H3,(H,53,54). The van der Waals surface area contributed by atoms with Crippen molar-refractivity contribution in [2.45, 2.75) is 145 Å². The van der Waals surface area contributed by atoms with Gasteiger partial charge in [-0.15, -0.1) is 0 Å². The van der Waals surface area contributed by atoms with E-state index >= 15 is 0 Å². The Morgan fingerprint density at radius 2 is 1.68 bits per heavy atom. The summed E-state index contributed by atoms with van der Waals surface area (Å²) in [4.78, 5) is 39.3. The number of benzene rings is 1. The van der Waals surface area contributed by atoms with Gasteiger partial charge in [0, 0.05) is 37.1 Å². The molecule has 12 unspecified atom stereocenters. The molecular formula is C49H71NO6. The van der Waals surface area contributed by atoms with Gasteiger partial charge in [0.25, 0.3) is 0 Å². The first-order valence-corrected chi connectivity index (χ1v) is 22.7. The molecular weight excluding hydrogens is 699 g/mol. The first-order valence-electron chi connectivity index (χ1n) is 22.7. The summed E-state index contributed by atoms with van der Waals surface area (Å²) in [5.74, 6) is 3.41. The van der Waals surface area contributed by atoms with Crippen LogP contribution < -0.4 is 10.1 Å². The lowest BCUT2D eigenvalue weighted by atomic mass is 9.35. The number of Topliss-reactive ketones (excluding diaryl/α,β-unsaturated/α-hetero) is 2. The van der Waals surface area contributed by atoms with Crippen LogP contribution in [0.15, 0.2) is 35.4 Å². The van der Waals surface area contributed by atoms with E-state index in [2.05, 4.69) is 71.1 Å². The van der Waals surface area contributed by atoms with Crippen molar-refractivity contribution >= 4 is 17.5 Å². The van der Waals surface area contributed by atoms with Crippen molar-refractivity contribution in [3.63, 3.8) is 0 Å². The van der Waals surface area contributed by atoms with Gasteiger partial charge in [-0.05, 0) is 152 Å². The zero-order chi connectivity index (χ0) is 39.8. The first kappa shape index (κ1) is 40.3. The number of carboxylic acid groups (broad SMARTS) is 1. The number of aliphatic carboxylic acids is 1. The van der Waals surface area contributed by atoms with Crippen LogP contribution >= 0.6 is 0 Å². The molecule has 6 aliphatic carbocycles. The third-order valence-corrected chi connectivity index (χ3v) is 18.2. The van der Waals surface area contributed by atoms with Gasteiger partial charge in [-0.2, -0.15) is 0 Å². The monoisotopic (exact) mass is 770 g/mol. The Labute approximate surface area is 336 Å². The number of ketones is 2. The van der Waals surface area contributed by atoms with Crippen LogP contribution in [0.2, 0.25) is 0 Å². The van der Waals surface area contributed by atoms with E-state index < -0.39 is 5.97 Å². The molecule has 2 N–H and O–H groups in total. The van der Waals surface area contributed by atoms with Crippen molar-refractivity contribution in [3.05, 3.63) is 41.0 Å². The van der Waals surface area contributed by atoms with Crippen molar-refractivity contribution in [1.82, 2.24) is 5.32 Å². The fourth-order valence-electron chi connectivity index (χ4n) is 15.2. The third-order valence-electron chi connectivity index (χ3n) is 18.2. The van der Waals surface area contributed by atoms with Gasteiger partial charge in [0.15, 0.2) is 5.78 Å². The summed E-state index contributed by atoms with van der Waals surface area (Å²) in [5.41, 5.74) is 4.58. The predicted molar refractivity (Wildman–Crippen MR) is 219 cm³/mol. The number of carbonyl (C=O) groups is 3. The third kappa shape index (κ3) is 6.65. The molecule has 308 valence electrons. The maximum atomic E-state index is 14.0. The summed E-state index contributed by atoms with van der Waals surface area (Å²) >= 11 is 0. The molecule has 0 radical (unpaired) electrons. The first-order chi connectivity index (χ1) is 26.6. The second-order valence-corrected chi connectivity index (χ2v) is 21.4. The number of ether oxygens (including phenoxy) is 2. The van der Waals surface area contributed by atoms with Gasteiger partial charge in [0.2, 0.25) is 0 Å². The van der Waals surface area contributed by atoms with Crippen molar-refractivity contribution in [2.75, 3.05) is 19.8 Å². The van der Waals surface area contributed by atoms with Gasteiger partial charge in [-0.25, -0.2) is 0 Å². The highest BCUT2D eigenvalue weighted by atomic mass is 16.5. The lowest BCUT2D eigenvalue weighted by molar-refractivity contribution is -0.193. The maximum Gasteiger partial charge on any atom is 0.306 e. The fourth-order valence-corrected chi connectivity index (χ4v) is 15.2. The quantitative estimate of drug-likeness (QED) is 0.204. The van der Waals surface area contributed by atoms with Gasteiger partial charge >= 0.3 is 5.97 Å². The van der Waals surface area contributed by atoms with Gasteiger partial charge in [0.05, 0.1) is 19.1 Å². The summed E-state index contributed by atoms with van der Waals surface area (Å²) in [7, 11) is 0. The summed E-state index contributed by atoms with van der Waals surface area (Å²) < 4.78 is 11.5. The Balaban J connectivity index is 0.946. The normalized spacial score (nSPS) is 41.4. The molecule has 56 heavy (non-hydrogen) atoms. The number of hydrogen-bond donors (Lipinski definition) is 2. The molecule has 1 aliphatic heterocycles. The van der Waals surface area contributed by atoms with E-state index in [1.165, 1.54) is 49.7 Å². The number of rotatable bonds is 12. The van der Waals surface area contributed by atoms with Gasteiger partial charge < -0.3 is 19.9 Å². The van der Waals surface area contributed by atoms with Crippen LogP contribution in [0.4, 0.5) is 0 Å². The van der Waals surface area contributed by atoms with Gasteiger partial charge in [-0.3, -0.25) is 14.4 Å². The predicted octanol–water partition coefficient (Wildman–Crippen LogP) is 9.86. The van der Waals surface area contributed by atoms with Crippen molar-refractivity contribution in [2.24, 2.45) is 74.9 Å². The minimum atomic E-state index is -0.748. The minimum absolute atomic E-state index is 0.00872. The van der Waals surface area contributed by atoms with Crippen LogP contribution in [0.5, 0.6) is 5.75 Å². The van der Waals surface area contributed by atoms with Gasteiger partial charge in [0.1, 0.15) is 17.6 Å². The molecule has 0 aromatic heterocycles. The number of nitrogens with one attached hydrogen (secondary N) is 1. The summed E-state index contributed by atoms with van der Waals surface area (Å²) in [6.07, 6.45) is 13.5. The minimum Gasteiger partial charge on any atom is -0.488 e. The SMILES string of the molecule is CC(C)C1=C2C3CCC4C(C)(CCC5C(C)(C)C(CC(=O)C6CC(C(=O)O)C6C)CCC54C)C3CCC2(CCNCc2ccc(OC3CCOC3)cc2)CC1=O. The highest BCUT2D eigenvalue weighted by Gasteiger charge is 2.66. The van der Waals surface area contributed by atoms with E-state index in [0.29, 0.717) is 67.0 Å². The molecule has 1 aromatic rings. The van der Waals surface area contributed by atoms with E-state index in [9.17, 15) is 19.5 Å². The number of carboxylic acids is 1. The molecule has 1 aromatic carbocycles. The second-order valence-electron chi connectivity index (χ2n) is 21.4. The topological polar surface area (TPSA) is 102 Å². The lowest BCUT2D eigenvalue weighted by Gasteiger charge is -2.69.